The van der Waals surface area contributed by atoms with Crippen LogP contribution in [0.2, 0.25) is 0 Å². The second-order valence-corrected chi connectivity index (χ2v) is 3.92. The third-order valence-corrected chi connectivity index (χ3v) is 3.29. The zero-order valence-corrected chi connectivity index (χ0v) is 5.71. The van der Waals surface area contributed by atoms with Crippen LogP contribution in [0.15, 0.2) is 0 Å². The highest BCUT2D eigenvalue weighted by atomic mass is 16.5. The van der Waals surface area contributed by atoms with E-state index in [1.54, 1.807) is 0 Å². The second-order valence-electron chi connectivity index (χ2n) is 3.92. The number of hydrogen-bond acceptors (Lipinski definition) is 1. The van der Waals surface area contributed by atoms with Gasteiger partial charge >= 0.3 is 0 Å². The molecule has 0 aromatic rings. The summed E-state index contributed by atoms with van der Waals surface area (Å²) in [5.41, 5.74) is 0. The molecule has 3 rings (SSSR count). The molecule has 2 aliphatic heterocycles. The van der Waals surface area contributed by atoms with Crippen LogP contribution >= 0.6 is 0 Å². The van der Waals surface area contributed by atoms with Crippen LogP contribution in [0.5, 0.6) is 0 Å². The fraction of sp³-hybridized carbons (Fsp3) is 1.00. The number of fused-ring (bicyclic) bond motifs is 5. The Morgan fingerprint density at radius 2 is 2.11 bits per heavy atom. The summed E-state index contributed by atoms with van der Waals surface area (Å²) in [6.07, 6.45) is 4.21. The SMILES string of the molecule is CC1CC2OC1C1CC21. The molecule has 0 spiro atoms. The summed E-state index contributed by atoms with van der Waals surface area (Å²) >= 11 is 0. The van der Waals surface area contributed by atoms with E-state index in [4.69, 9.17) is 4.74 Å². The van der Waals surface area contributed by atoms with Gasteiger partial charge in [-0.25, -0.2) is 0 Å². The summed E-state index contributed by atoms with van der Waals surface area (Å²) < 4.78 is 5.75. The minimum Gasteiger partial charge on any atom is -0.374 e. The second kappa shape index (κ2) is 1.20. The van der Waals surface area contributed by atoms with Gasteiger partial charge < -0.3 is 4.74 Å². The van der Waals surface area contributed by atoms with Crippen LogP contribution in [0.4, 0.5) is 0 Å². The quantitative estimate of drug-likeness (QED) is 0.474. The van der Waals surface area contributed by atoms with Gasteiger partial charge in [0.05, 0.1) is 12.2 Å². The standard InChI is InChI=1S/C8H12O/c1-4-2-7-5-3-6(5)8(4)9-7/h4-8H,2-3H2,1H3. The average Bonchev–Trinajstić information content (AvgIpc) is 2.46. The lowest BCUT2D eigenvalue weighted by Crippen LogP contribution is -2.15. The van der Waals surface area contributed by atoms with Gasteiger partial charge in [-0.15, -0.1) is 0 Å². The number of hydrogen-bond donors (Lipinski definition) is 0. The topological polar surface area (TPSA) is 9.23 Å². The van der Waals surface area contributed by atoms with E-state index >= 15 is 0 Å². The van der Waals surface area contributed by atoms with Gasteiger partial charge in [0.1, 0.15) is 0 Å². The highest BCUT2D eigenvalue weighted by molar-refractivity contribution is 5.09. The molecule has 2 bridgehead atoms. The van der Waals surface area contributed by atoms with Gasteiger partial charge in [-0.3, -0.25) is 0 Å². The summed E-state index contributed by atoms with van der Waals surface area (Å²) in [6, 6.07) is 0. The highest BCUT2D eigenvalue weighted by Crippen LogP contribution is 2.60. The molecule has 2 heterocycles. The molecule has 3 aliphatic rings. The summed E-state index contributed by atoms with van der Waals surface area (Å²) in [5, 5.41) is 0. The van der Waals surface area contributed by atoms with Crippen LogP contribution in [-0.2, 0) is 4.74 Å². The molecule has 0 radical (unpaired) electrons. The Morgan fingerprint density at radius 3 is 2.67 bits per heavy atom. The van der Waals surface area contributed by atoms with Crippen molar-refractivity contribution >= 4 is 0 Å². The normalized spacial score (nSPS) is 68.3. The van der Waals surface area contributed by atoms with Crippen LogP contribution in [0.25, 0.3) is 0 Å². The van der Waals surface area contributed by atoms with Gasteiger partial charge in [0.25, 0.3) is 0 Å². The van der Waals surface area contributed by atoms with E-state index in [0.717, 1.165) is 17.8 Å². The van der Waals surface area contributed by atoms with Crippen molar-refractivity contribution in [3.63, 3.8) is 0 Å². The summed E-state index contributed by atoms with van der Waals surface area (Å²) in [6.45, 7) is 2.33. The van der Waals surface area contributed by atoms with Crippen molar-refractivity contribution in [3.05, 3.63) is 0 Å². The first-order valence-electron chi connectivity index (χ1n) is 4.02. The van der Waals surface area contributed by atoms with Crippen LogP contribution in [0.1, 0.15) is 19.8 Å². The Balaban J connectivity index is 1.96. The van der Waals surface area contributed by atoms with Crippen LogP contribution in [0, 0.1) is 17.8 Å². The van der Waals surface area contributed by atoms with E-state index in [0.29, 0.717) is 12.2 Å². The summed E-state index contributed by atoms with van der Waals surface area (Å²) in [4.78, 5) is 0. The van der Waals surface area contributed by atoms with Gasteiger partial charge in [0.15, 0.2) is 0 Å². The Bertz CT molecular complexity index is 151. The van der Waals surface area contributed by atoms with Gasteiger partial charge in [0.2, 0.25) is 0 Å². The van der Waals surface area contributed by atoms with Crippen LogP contribution < -0.4 is 0 Å². The van der Waals surface area contributed by atoms with Gasteiger partial charge in [-0.2, -0.15) is 0 Å². The summed E-state index contributed by atoms with van der Waals surface area (Å²) in [7, 11) is 0. The smallest absolute Gasteiger partial charge is 0.0637 e. The van der Waals surface area contributed by atoms with E-state index in [1.165, 1.54) is 12.8 Å². The predicted octanol–water partition coefficient (Wildman–Crippen LogP) is 1.43. The largest absolute Gasteiger partial charge is 0.374 e. The first-order valence-corrected chi connectivity index (χ1v) is 4.02. The van der Waals surface area contributed by atoms with E-state index < -0.39 is 0 Å². The molecule has 1 saturated carbocycles. The lowest BCUT2D eigenvalue weighted by atomic mass is 9.91. The van der Waals surface area contributed by atoms with Crippen molar-refractivity contribution in [2.75, 3.05) is 0 Å². The summed E-state index contributed by atoms with van der Waals surface area (Å²) in [5.74, 6) is 2.88. The Kier molecular flexibility index (Phi) is 0.628. The molecule has 0 aromatic heterocycles. The van der Waals surface area contributed by atoms with E-state index in [9.17, 15) is 0 Å². The molecule has 3 fully saturated rings. The number of rotatable bonds is 0. The molecule has 1 aliphatic carbocycles. The van der Waals surface area contributed by atoms with E-state index in [1.807, 2.05) is 0 Å². The Labute approximate surface area is 55.4 Å². The Morgan fingerprint density at radius 1 is 1.22 bits per heavy atom. The molecule has 1 heteroatoms. The molecule has 1 nitrogen and oxygen atoms in total. The molecule has 0 N–H and O–H groups in total. The minimum absolute atomic E-state index is 0.681. The first kappa shape index (κ1) is 4.73. The maximum absolute atomic E-state index is 5.75. The fourth-order valence-electron chi connectivity index (χ4n) is 2.73. The molecule has 0 aromatic carbocycles. The van der Waals surface area contributed by atoms with Crippen molar-refractivity contribution in [2.24, 2.45) is 17.8 Å². The molecular weight excluding hydrogens is 112 g/mol. The van der Waals surface area contributed by atoms with Crippen molar-refractivity contribution in [1.82, 2.24) is 0 Å². The monoisotopic (exact) mass is 124 g/mol. The molecule has 5 atom stereocenters. The third-order valence-electron chi connectivity index (χ3n) is 3.29. The zero-order valence-electron chi connectivity index (χ0n) is 5.71. The molecule has 5 unspecified atom stereocenters. The molecule has 9 heavy (non-hydrogen) atoms. The van der Waals surface area contributed by atoms with Crippen molar-refractivity contribution in [2.45, 2.75) is 32.0 Å². The van der Waals surface area contributed by atoms with Crippen molar-refractivity contribution in [1.29, 1.82) is 0 Å². The zero-order chi connectivity index (χ0) is 6.01. The van der Waals surface area contributed by atoms with Crippen LogP contribution in [-0.4, -0.2) is 12.2 Å². The number of ether oxygens (including phenoxy) is 1. The minimum atomic E-state index is 0.681. The van der Waals surface area contributed by atoms with Crippen molar-refractivity contribution in [3.8, 4) is 0 Å². The molecule has 50 valence electrons. The third kappa shape index (κ3) is 0.420. The predicted molar refractivity (Wildman–Crippen MR) is 34.0 cm³/mol. The Hall–Kier alpha value is -0.0400. The maximum Gasteiger partial charge on any atom is 0.0637 e. The van der Waals surface area contributed by atoms with Crippen molar-refractivity contribution < 1.29 is 4.74 Å². The maximum atomic E-state index is 5.75. The lowest BCUT2D eigenvalue weighted by Gasteiger charge is -2.11. The van der Waals surface area contributed by atoms with Gasteiger partial charge in [-0.1, -0.05) is 6.92 Å². The van der Waals surface area contributed by atoms with E-state index in [-0.39, 0.29) is 0 Å². The molecular formula is C8H12O. The van der Waals surface area contributed by atoms with E-state index in [2.05, 4.69) is 6.92 Å². The average molecular weight is 124 g/mol. The van der Waals surface area contributed by atoms with Gasteiger partial charge in [0, 0.05) is 0 Å². The fourth-order valence-corrected chi connectivity index (χ4v) is 2.73. The molecule has 2 saturated heterocycles. The first-order chi connectivity index (χ1) is 4.36. The van der Waals surface area contributed by atoms with Gasteiger partial charge in [-0.05, 0) is 30.6 Å². The highest BCUT2D eigenvalue weighted by Gasteiger charge is 2.61. The molecule has 0 amide bonds. The van der Waals surface area contributed by atoms with Crippen LogP contribution in [0.3, 0.4) is 0 Å². The lowest BCUT2D eigenvalue weighted by molar-refractivity contribution is 0.0632.